The van der Waals surface area contributed by atoms with Gasteiger partial charge in [0.2, 0.25) is 11.7 Å². The van der Waals surface area contributed by atoms with Crippen LogP contribution in [0.5, 0.6) is 0 Å². The van der Waals surface area contributed by atoms with Gasteiger partial charge in [0.05, 0.1) is 5.69 Å². The molecule has 0 bridgehead atoms. The number of hydrogen-bond acceptors (Lipinski definition) is 4. The lowest BCUT2D eigenvalue weighted by Crippen LogP contribution is -2.42. The van der Waals surface area contributed by atoms with E-state index in [4.69, 9.17) is 0 Å². The number of amides is 2. The highest BCUT2D eigenvalue weighted by Gasteiger charge is 2.29. The summed E-state index contributed by atoms with van der Waals surface area (Å²) in [6.45, 7) is 0. The first-order valence-electron chi connectivity index (χ1n) is 8.53. The van der Waals surface area contributed by atoms with E-state index in [1.165, 1.54) is 6.33 Å². The summed E-state index contributed by atoms with van der Waals surface area (Å²) in [6, 6.07) is 9.51. The molecule has 0 saturated heterocycles. The smallest absolute Gasteiger partial charge is 0.291 e. The molecule has 1 aliphatic carbocycles. The first-order valence-corrected chi connectivity index (χ1v) is 8.53. The van der Waals surface area contributed by atoms with Gasteiger partial charge in [-0.3, -0.25) is 9.59 Å². The molecule has 7 nitrogen and oxygen atoms in total. The predicted molar refractivity (Wildman–Crippen MR) is 93.3 cm³/mol. The quantitative estimate of drug-likeness (QED) is 0.917. The number of nitrogens with zero attached hydrogens (tertiary/aromatic N) is 4. The van der Waals surface area contributed by atoms with E-state index >= 15 is 0 Å². The van der Waals surface area contributed by atoms with Gasteiger partial charge in [0.15, 0.2) is 0 Å². The van der Waals surface area contributed by atoms with E-state index in [0.717, 1.165) is 24.9 Å². The average Bonchev–Trinajstić information content (AvgIpc) is 3.12. The highest BCUT2D eigenvalue weighted by atomic mass is 16.2. The zero-order valence-corrected chi connectivity index (χ0v) is 14.6. The first kappa shape index (κ1) is 17.1. The van der Waals surface area contributed by atoms with Gasteiger partial charge in [0.25, 0.3) is 5.91 Å². The Morgan fingerprint density at radius 1 is 1.20 bits per heavy atom. The number of rotatable bonds is 4. The van der Waals surface area contributed by atoms with Crippen LogP contribution in [0.25, 0.3) is 5.69 Å². The van der Waals surface area contributed by atoms with Gasteiger partial charge in [-0.25, -0.2) is 9.67 Å². The molecule has 25 heavy (non-hydrogen) atoms. The van der Waals surface area contributed by atoms with Crippen LogP contribution in [0, 0.1) is 5.92 Å². The van der Waals surface area contributed by atoms with Crippen molar-refractivity contribution in [3.05, 3.63) is 42.5 Å². The van der Waals surface area contributed by atoms with Crippen molar-refractivity contribution in [1.82, 2.24) is 25.0 Å². The van der Waals surface area contributed by atoms with Crippen molar-refractivity contribution in [3.8, 4) is 5.69 Å². The lowest BCUT2D eigenvalue weighted by atomic mass is 9.85. The topological polar surface area (TPSA) is 80.1 Å². The number of carbonyl (C=O) groups is 2. The Bertz CT molecular complexity index is 741. The number of nitrogens with one attached hydrogen (secondary N) is 1. The van der Waals surface area contributed by atoms with Crippen LogP contribution in [0.3, 0.4) is 0 Å². The van der Waals surface area contributed by atoms with Crippen LogP contribution >= 0.6 is 0 Å². The third-order valence-corrected chi connectivity index (χ3v) is 4.52. The molecule has 2 aromatic rings. The van der Waals surface area contributed by atoms with Gasteiger partial charge in [-0.1, -0.05) is 24.6 Å². The Kier molecular flexibility index (Phi) is 5.11. The molecule has 2 amide bonds. The minimum absolute atomic E-state index is 0.0150. The van der Waals surface area contributed by atoms with Gasteiger partial charge in [-0.15, -0.1) is 5.10 Å². The third kappa shape index (κ3) is 4.04. The zero-order valence-electron chi connectivity index (χ0n) is 14.6. The van der Waals surface area contributed by atoms with Gasteiger partial charge in [-0.2, -0.15) is 0 Å². The van der Waals surface area contributed by atoms with Crippen LogP contribution < -0.4 is 5.32 Å². The maximum atomic E-state index is 12.4. The molecule has 1 fully saturated rings. The Labute approximate surface area is 147 Å². The summed E-state index contributed by atoms with van der Waals surface area (Å²) in [4.78, 5) is 30.3. The van der Waals surface area contributed by atoms with E-state index in [9.17, 15) is 9.59 Å². The van der Waals surface area contributed by atoms with Gasteiger partial charge < -0.3 is 10.2 Å². The van der Waals surface area contributed by atoms with E-state index < -0.39 is 0 Å². The van der Waals surface area contributed by atoms with Crippen molar-refractivity contribution in [2.75, 3.05) is 14.1 Å². The number of para-hydroxylation sites is 1. The van der Waals surface area contributed by atoms with Gasteiger partial charge in [-0.05, 0) is 31.4 Å². The van der Waals surface area contributed by atoms with Crippen LogP contribution in [0.15, 0.2) is 36.7 Å². The maximum absolute atomic E-state index is 12.4. The van der Waals surface area contributed by atoms with Crippen molar-refractivity contribution < 1.29 is 9.59 Å². The summed E-state index contributed by atoms with van der Waals surface area (Å²) in [7, 11) is 3.54. The highest BCUT2D eigenvalue weighted by Crippen LogP contribution is 2.25. The fourth-order valence-electron chi connectivity index (χ4n) is 3.23. The lowest BCUT2D eigenvalue weighted by Gasteiger charge is -2.30. The maximum Gasteiger partial charge on any atom is 0.291 e. The predicted octanol–water partition coefficient (Wildman–Crippen LogP) is 1.64. The number of hydrogen-bond donors (Lipinski definition) is 1. The average molecular weight is 341 g/mol. The minimum Gasteiger partial charge on any atom is -0.349 e. The molecular formula is C18H23N5O2. The molecule has 1 heterocycles. The molecule has 1 saturated carbocycles. The molecule has 0 radical (unpaired) electrons. The van der Waals surface area contributed by atoms with Crippen molar-refractivity contribution >= 4 is 11.8 Å². The summed E-state index contributed by atoms with van der Waals surface area (Å²) < 4.78 is 1.58. The van der Waals surface area contributed by atoms with E-state index in [0.29, 0.717) is 6.42 Å². The summed E-state index contributed by atoms with van der Waals surface area (Å²) >= 11 is 0. The Hall–Kier alpha value is -2.70. The van der Waals surface area contributed by atoms with Gasteiger partial charge in [0.1, 0.15) is 6.33 Å². The van der Waals surface area contributed by atoms with Gasteiger partial charge in [0, 0.05) is 26.1 Å². The molecular weight excluding hydrogens is 318 g/mol. The van der Waals surface area contributed by atoms with Crippen LogP contribution in [-0.2, 0) is 4.79 Å². The van der Waals surface area contributed by atoms with Crippen molar-refractivity contribution in [2.45, 2.75) is 31.7 Å². The molecule has 7 heteroatoms. The summed E-state index contributed by atoms with van der Waals surface area (Å²) in [5, 5.41) is 7.22. The second-order valence-corrected chi connectivity index (χ2v) is 6.61. The van der Waals surface area contributed by atoms with Crippen molar-refractivity contribution in [2.24, 2.45) is 5.92 Å². The molecule has 2 atom stereocenters. The number of benzene rings is 1. The van der Waals surface area contributed by atoms with E-state index in [1.54, 1.807) is 23.7 Å². The Balaban J connectivity index is 1.62. The molecule has 0 spiro atoms. The van der Waals surface area contributed by atoms with Crippen LogP contribution in [0.4, 0.5) is 0 Å². The van der Waals surface area contributed by atoms with E-state index in [2.05, 4.69) is 15.4 Å². The molecule has 132 valence electrons. The highest BCUT2D eigenvalue weighted by molar-refractivity contribution is 5.90. The van der Waals surface area contributed by atoms with Crippen molar-refractivity contribution in [1.29, 1.82) is 0 Å². The zero-order chi connectivity index (χ0) is 17.8. The fourth-order valence-corrected chi connectivity index (χ4v) is 3.23. The fraction of sp³-hybridized carbons (Fsp3) is 0.444. The molecule has 3 rings (SSSR count). The third-order valence-electron chi connectivity index (χ3n) is 4.52. The van der Waals surface area contributed by atoms with Gasteiger partial charge >= 0.3 is 0 Å². The van der Waals surface area contributed by atoms with Crippen LogP contribution in [-0.4, -0.2) is 51.6 Å². The SMILES string of the molecule is CN(C)C(=O)[C@H]1CCC[C@H](NC(=O)c2ncn(-c3ccccc3)n2)C1. The normalized spacial score (nSPS) is 20.1. The van der Waals surface area contributed by atoms with Crippen molar-refractivity contribution in [3.63, 3.8) is 0 Å². The lowest BCUT2D eigenvalue weighted by molar-refractivity contribution is -0.134. The van der Waals surface area contributed by atoms with Crippen LogP contribution in [0.2, 0.25) is 0 Å². The largest absolute Gasteiger partial charge is 0.349 e. The Morgan fingerprint density at radius 3 is 2.68 bits per heavy atom. The van der Waals surface area contributed by atoms with Crippen LogP contribution in [0.1, 0.15) is 36.3 Å². The molecule has 1 aromatic heterocycles. The minimum atomic E-state index is -0.294. The number of aromatic nitrogens is 3. The molecule has 1 aromatic carbocycles. The summed E-state index contributed by atoms with van der Waals surface area (Å²) in [6.07, 6.45) is 4.89. The standard InChI is InChI=1S/C18H23N5O2/c1-22(2)18(25)13-7-6-8-14(11-13)20-17(24)16-19-12-23(21-16)15-9-4-3-5-10-15/h3-5,9-10,12-14H,6-8,11H2,1-2H3,(H,20,24)/t13-,14-/m0/s1. The molecule has 0 aliphatic heterocycles. The molecule has 0 unspecified atom stereocenters. The molecule has 1 aliphatic rings. The second kappa shape index (κ2) is 7.46. The number of carbonyl (C=O) groups excluding carboxylic acids is 2. The monoisotopic (exact) mass is 341 g/mol. The molecule has 1 N–H and O–H groups in total. The van der Waals surface area contributed by atoms with E-state index in [1.807, 2.05) is 30.3 Å². The van der Waals surface area contributed by atoms with E-state index in [-0.39, 0.29) is 29.6 Å². The Morgan fingerprint density at radius 2 is 1.96 bits per heavy atom. The second-order valence-electron chi connectivity index (χ2n) is 6.61. The summed E-state index contributed by atoms with van der Waals surface area (Å²) in [5.74, 6) is -0.0446. The first-order chi connectivity index (χ1) is 12.0. The summed E-state index contributed by atoms with van der Waals surface area (Å²) in [5.41, 5.74) is 0.850.